The predicted molar refractivity (Wildman–Crippen MR) is 73.2 cm³/mol. The van der Waals surface area contributed by atoms with Crippen molar-refractivity contribution in [3.63, 3.8) is 0 Å². The number of nitrogens with zero attached hydrogens (tertiary/aromatic N) is 2. The summed E-state index contributed by atoms with van der Waals surface area (Å²) in [6.07, 6.45) is 1.96. The topological polar surface area (TPSA) is 42.4 Å². The lowest BCUT2D eigenvalue weighted by Gasteiger charge is -2.31. The zero-order valence-electron chi connectivity index (χ0n) is 11.2. The Labute approximate surface area is 112 Å². The number of aryl methyl sites for hydroxylation is 2. The molecule has 0 aromatic carbocycles. The molecule has 4 nitrogen and oxygen atoms in total. The van der Waals surface area contributed by atoms with E-state index in [1.54, 1.807) is 11.3 Å². The molecule has 0 amide bonds. The average molecular weight is 268 g/mol. The third-order valence-corrected chi connectivity index (χ3v) is 4.46. The van der Waals surface area contributed by atoms with Crippen LogP contribution in [0.4, 0.5) is 5.13 Å². The molecule has 5 heteroatoms. The van der Waals surface area contributed by atoms with E-state index in [0.29, 0.717) is 6.61 Å². The van der Waals surface area contributed by atoms with Crippen molar-refractivity contribution in [3.05, 3.63) is 10.6 Å². The summed E-state index contributed by atoms with van der Waals surface area (Å²) in [6, 6.07) is 0. The number of carbonyl (C=O) groups excluding carboxylic acids is 1. The summed E-state index contributed by atoms with van der Waals surface area (Å²) in [5, 5.41) is 1.04. The fourth-order valence-corrected chi connectivity index (χ4v) is 3.14. The zero-order valence-corrected chi connectivity index (χ0v) is 12.0. The Kier molecular flexibility index (Phi) is 4.22. The number of thiazole rings is 1. The first-order valence-corrected chi connectivity index (χ1v) is 7.29. The quantitative estimate of drug-likeness (QED) is 0.790. The van der Waals surface area contributed by atoms with Crippen molar-refractivity contribution in [2.75, 3.05) is 24.6 Å². The number of hydrogen-bond acceptors (Lipinski definition) is 5. The fourth-order valence-electron chi connectivity index (χ4n) is 2.19. The molecular formula is C13H20N2O2S. The van der Waals surface area contributed by atoms with Crippen molar-refractivity contribution in [3.8, 4) is 0 Å². The standard InChI is InChI=1S/C13H20N2O2S/c1-4-17-12(16)11-6-5-7-15(8-11)13-14-9(2)10(3)18-13/h11H,4-8H2,1-3H3. The normalized spacial score (nSPS) is 19.9. The average Bonchev–Trinajstić information content (AvgIpc) is 2.70. The van der Waals surface area contributed by atoms with E-state index < -0.39 is 0 Å². The van der Waals surface area contributed by atoms with Crippen molar-refractivity contribution < 1.29 is 9.53 Å². The van der Waals surface area contributed by atoms with E-state index in [0.717, 1.165) is 36.8 Å². The molecule has 1 fully saturated rings. The molecule has 0 bridgehead atoms. The molecule has 1 atom stereocenters. The maximum atomic E-state index is 11.8. The first kappa shape index (κ1) is 13.3. The highest BCUT2D eigenvalue weighted by molar-refractivity contribution is 7.15. The van der Waals surface area contributed by atoms with E-state index in [-0.39, 0.29) is 11.9 Å². The van der Waals surface area contributed by atoms with Gasteiger partial charge in [0, 0.05) is 18.0 Å². The van der Waals surface area contributed by atoms with Crippen LogP contribution in [0.15, 0.2) is 0 Å². The number of piperidine rings is 1. The van der Waals surface area contributed by atoms with E-state index in [2.05, 4.69) is 16.8 Å². The monoisotopic (exact) mass is 268 g/mol. The van der Waals surface area contributed by atoms with Crippen LogP contribution in [0.5, 0.6) is 0 Å². The molecule has 1 aliphatic rings. The van der Waals surface area contributed by atoms with Gasteiger partial charge in [-0.2, -0.15) is 0 Å². The molecule has 2 rings (SSSR count). The van der Waals surface area contributed by atoms with E-state index in [1.165, 1.54) is 4.88 Å². The Balaban J connectivity index is 2.04. The molecule has 0 saturated carbocycles. The summed E-state index contributed by atoms with van der Waals surface area (Å²) in [4.78, 5) is 19.8. The molecule has 1 saturated heterocycles. The van der Waals surface area contributed by atoms with Crippen LogP contribution in [0.2, 0.25) is 0 Å². The van der Waals surface area contributed by atoms with Crippen LogP contribution in [-0.4, -0.2) is 30.6 Å². The van der Waals surface area contributed by atoms with Crippen LogP contribution in [0.1, 0.15) is 30.3 Å². The third-order valence-electron chi connectivity index (χ3n) is 3.33. The summed E-state index contributed by atoms with van der Waals surface area (Å²) in [7, 11) is 0. The predicted octanol–water partition coefficient (Wildman–Crippen LogP) is 2.54. The van der Waals surface area contributed by atoms with Gasteiger partial charge in [-0.1, -0.05) is 0 Å². The Morgan fingerprint density at radius 1 is 1.56 bits per heavy atom. The number of aromatic nitrogens is 1. The van der Waals surface area contributed by atoms with Gasteiger partial charge >= 0.3 is 5.97 Å². The number of rotatable bonds is 3. The van der Waals surface area contributed by atoms with Gasteiger partial charge in [0.25, 0.3) is 0 Å². The van der Waals surface area contributed by atoms with Crippen LogP contribution >= 0.6 is 11.3 Å². The lowest BCUT2D eigenvalue weighted by atomic mass is 9.99. The van der Waals surface area contributed by atoms with Gasteiger partial charge in [0.1, 0.15) is 0 Å². The molecule has 1 aliphatic heterocycles. The number of hydrogen-bond donors (Lipinski definition) is 0. The molecule has 2 heterocycles. The van der Waals surface area contributed by atoms with E-state index >= 15 is 0 Å². The van der Waals surface area contributed by atoms with Crippen LogP contribution in [-0.2, 0) is 9.53 Å². The van der Waals surface area contributed by atoms with Crippen molar-refractivity contribution in [1.29, 1.82) is 0 Å². The van der Waals surface area contributed by atoms with Crippen LogP contribution in [0, 0.1) is 19.8 Å². The second-order valence-corrected chi connectivity index (χ2v) is 5.86. The Morgan fingerprint density at radius 2 is 2.33 bits per heavy atom. The highest BCUT2D eigenvalue weighted by atomic mass is 32.1. The number of carbonyl (C=O) groups is 1. The number of ether oxygens (including phenoxy) is 1. The Bertz CT molecular complexity index is 411. The molecular weight excluding hydrogens is 248 g/mol. The first-order valence-electron chi connectivity index (χ1n) is 6.47. The maximum absolute atomic E-state index is 11.8. The summed E-state index contributed by atoms with van der Waals surface area (Å²) in [6.45, 7) is 8.16. The van der Waals surface area contributed by atoms with Gasteiger partial charge in [-0.25, -0.2) is 4.98 Å². The van der Waals surface area contributed by atoms with Gasteiger partial charge in [0.05, 0.1) is 18.2 Å². The van der Waals surface area contributed by atoms with E-state index in [4.69, 9.17) is 4.74 Å². The minimum atomic E-state index is -0.0628. The van der Waals surface area contributed by atoms with E-state index in [9.17, 15) is 4.79 Å². The lowest BCUT2D eigenvalue weighted by molar-refractivity contribution is -0.148. The van der Waals surface area contributed by atoms with Crippen molar-refractivity contribution >= 4 is 22.4 Å². The second kappa shape index (κ2) is 5.69. The van der Waals surface area contributed by atoms with Gasteiger partial charge in [-0.05, 0) is 33.6 Å². The van der Waals surface area contributed by atoms with Crippen molar-refractivity contribution in [2.24, 2.45) is 5.92 Å². The zero-order chi connectivity index (χ0) is 13.1. The van der Waals surface area contributed by atoms with Gasteiger partial charge in [-0.3, -0.25) is 4.79 Å². The van der Waals surface area contributed by atoms with Gasteiger partial charge in [0.2, 0.25) is 0 Å². The van der Waals surface area contributed by atoms with Gasteiger partial charge in [-0.15, -0.1) is 11.3 Å². The minimum Gasteiger partial charge on any atom is -0.466 e. The Hall–Kier alpha value is -1.10. The second-order valence-electron chi connectivity index (χ2n) is 4.68. The molecule has 0 radical (unpaired) electrons. The van der Waals surface area contributed by atoms with E-state index in [1.807, 2.05) is 13.8 Å². The highest BCUT2D eigenvalue weighted by Gasteiger charge is 2.28. The summed E-state index contributed by atoms with van der Waals surface area (Å²) in [5.74, 6) is -0.0598. The SMILES string of the molecule is CCOC(=O)C1CCCN(c2nc(C)c(C)s2)C1. The summed E-state index contributed by atoms with van der Waals surface area (Å²) < 4.78 is 5.11. The Morgan fingerprint density at radius 3 is 2.94 bits per heavy atom. The van der Waals surface area contributed by atoms with Gasteiger partial charge in [0.15, 0.2) is 5.13 Å². The van der Waals surface area contributed by atoms with Crippen molar-refractivity contribution in [2.45, 2.75) is 33.6 Å². The smallest absolute Gasteiger partial charge is 0.310 e. The maximum Gasteiger partial charge on any atom is 0.310 e. The molecule has 1 aromatic rings. The molecule has 0 N–H and O–H groups in total. The molecule has 1 aromatic heterocycles. The molecule has 100 valence electrons. The van der Waals surface area contributed by atoms with Crippen LogP contribution in [0.25, 0.3) is 0 Å². The summed E-state index contributed by atoms with van der Waals surface area (Å²) >= 11 is 1.71. The van der Waals surface area contributed by atoms with Gasteiger partial charge < -0.3 is 9.64 Å². The molecule has 0 spiro atoms. The van der Waals surface area contributed by atoms with Crippen molar-refractivity contribution in [1.82, 2.24) is 4.98 Å². The summed E-state index contributed by atoms with van der Waals surface area (Å²) in [5.41, 5.74) is 1.09. The number of esters is 1. The lowest BCUT2D eigenvalue weighted by Crippen LogP contribution is -2.39. The largest absolute Gasteiger partial charge is 0.466 e. The first-order chi connectivity index (χ1) is 8.61. The highest BCUT2D eigenvalue weighted by Crippen LogP contribution is 2.29. The number of anilines is 1. The fraction of sp³-hybridized carbons (Fsp3) is 0.692. The third kappa shape index (κ3) is 2.83. The molecule has 0 aliphatic carbocycles. The molecule has 18 heavy (non-hydrogen) atoms. The van der Waals surface area contributed by atoms with Crippen LogP contribution < -0.4 is 4.90 Å². The van der Waals surface area contributed by atoms with Crippen LogP contribution in [0.3, 0.4) is 0 Å². The molecule has 1 unspecified atom stereocenters. The minimum absolute atomic E-state index is 0.00297.